The van der Waals surface area contributed by atoms with Gasteiger partial charge in [0.2, 0.25) is 0 Å². The molecule has 0 N–H and O–H groups in total. The van der Waals surface area contributed by atoms with Crippen LogP contribution in [0.1, 0.15) is 22.8 Å². The maximum atomic E-state index is 12.9. The molecule has 6 heteroatoms. The lowest BCUT2D eigenvalue weighted by molar-refractivity contribution is 0.0475. The molecule has 3 rings (SSSR count). The molecule has 1 aromatic carbocycles. The molecule has 132 valence electrons. The van der Waals surface area contributed by atoms with Crippen molar-refractivity contribution in [1.82, 2.24) is 14.8 Å². The molecular formula is C19H22BrN3O2. The Morgan fingerprint density at radius 1 is 1.32 bits per heavy atom. The molecule has 1 fully saturated rings. The van der Waals surface area contributed by atoms with Crippen LogP contribution in [-0.4, -0.2) is 53.5 Å². The Labute approximate surface area is 156 Å². The molecular weight excluding hydrogens is 382 g/mol. The van der Waals surface area contributed by atoms with Crippen LogP contribution in [0.5, 0.6) is 5.75 Å². The Morgan fingerprint density at radius 2 is 2.08 bits per heavy atom. The molecule has 0 unspecified atom stereocenters. The van der Waals surface area contributed by atoms with E-state index in [-0.39, 0.29) is 11.9 Å². The van der Waals surface area contributed by atoms with Gasteiger partial charge in [0.1, 0.15) is 4.60 Å². The van der Waals surface area contributed by atoms with Gasteiger partial charge in [0.25, 0.3) is 5.91 Å². The summed E-state index contributed by atoms with van der Waals surface area (Å²) >= 11 is 3.32. The summed E-state index contributed by atoms with van der Waals surface area (Å²) in [5.74, 6) is 0.575. The Bertz CT molecular complexity index is 739. The Kier molecular flexibility index (Phi) is 5.71. The maximum Gasteiger partial charge on any atom is 0.255 e. The van der Waals surface area contributed by atoms with Crippen LogP contribution < -0.4 is 4.74 Å². The fourth-order valence-corrected chi connectivity index (χ4v) is 3.55. The van der Waals surface area contributed by atoms with Gasteiger partial charge < -0.3 is 9.64 Å². The Morgan fingerprint density at radius 3 is 2.76 bits per heavy atom. The van der Waals surface area contributed by atoms with E-state index in [1.807, 2.05) is 11.0 Å². The highest BCUT2D eigenvalue weighted by Gasteiger charge is 2.28. The first kappa shape index (κ1) is 17.9. The first-order chi connectivity index (χ1) is 12.1. The normalized spacial score (nSPS) is 18.2. The number of piperazine rings is 1. The van der Waals surface area contributed by atoms with Crippen LogP contribution >= 0.6 is 15.9 Å². The van der Waals surface area contributed by atoms with Crippen molar-refractivity contribution in [3.63, 3.8) is 0 Å². The van der Waals surface area contributed by atoms with Crippen LogP contribution in [0.25, 0.3) is 0 Å². The van der Waals surface area contributed by atoms with Gasteiger partial charge in [-0.15, -0.1) is 0 Å². The van der Waals surface area contributed by atoms with Crippen LogP contribution in [0.3, 0.4) is 0 Å². The largest absolute Gasteiger partial charge is 0.494 e. The van der Waals surface area contributed by atoms with Crippen molar-refractivity contribution in [2.75, 3.05) is 26.7 Å². The molecule has 1 amide bonds. The molecule has 1 aliphatic rings. The van der Waals surface area contributed by atoms with E-state index in [9.17, 15) is 4.79 Å². The number of methoxy groups -OCH3 is 1. The van der Waals surface area contributed by atoms with Gasteiger partial charge in [0.15, 0.2) is 5.75 Å². The molecule has 0 radical (unpaired) electrons. The number of aromatic nitrogens is 1. The van der Waals surface area contributed by atoms with Gasteiger partial charge in [-0.25, -0.2) is 4.98 Å². The minimum atomic E-state index is 0.00478. The number of hydrogen-bond acceptors (Lipinski definition) is 4. The van der Waals surface area contributed by atoms with Crippen LogP contribution in [0.4, 0.5) is 0 Å². The van der Waals surface area contributed by atoms with Gasteiger partial charge in [-0.05, 0) is 34.5 Å². The minimum Gasteiger partial charge on any atom is -0.494 e. The van der Waals surface area contributed by atoms with Crippen LogP contribution in [-0.2, 0) is 6.54 Å². The average molecular weight is 404 g/mol. The number of pyridine rings is 1. The number of benzene rings is 1. The highest BCUT2D eigenvalue weighted by Crippen LogP contribution is 2.24. The highest BCUT2D eigenvalue weighted by molar-refractivity contribution is 9.10. The zero-order valence-electron chi connectivity index (χ0n) is 14.5. The zero-order chi connectivity index (χ0) is 17.8. The van der Waals surface area contributed by atoms with Crippen LogP contribution in [0, 0.1) is 0 Å². The standard InChI is InChI=1S/C19H22BrN3O2/c1-14-12-22(13-15-6-4-3-5-7-15)8-9-23(14)19(24)16-10-17(25-2)18(20)21-11-16/h3-7,10-11,14H,8-9,12-13H2,1-2H3/t14-/m0/s1. The first-order valence-corrected chi connectivity index (χ1v) is 9.14. The lowest BCUT2D eigenvalue weighted by atomic mass is 10.1. The minimum absolute atomic E-state index is 0.00478. The second-order valence-electron chi connectivity index (χ2n) is 6.29. The Hall–Kier alpha value is -1.92. The molecule has 5 nitrogen and oxygen atoms in total. The summed E-state index contributed by atoms with van der Waals surface area (Å²) < 4.78 is 5.85. The van der Waals surface area contributed by atoms with Crippen molar-refractivity contribution in [3.05, 3.63) is 58.3 Å². The van der Waals surface area contributed by atoms with Crippen molar-refractivity contribution in [3.8, 4) is 5.75 Å². The molecule has 2 heterocycles. The van der Waals surface area contributed by atoms with Gasteiger partial charge in [0.05, 0.1) is 12.7 Å². The molecule has 1 aromatic heterocycles. The van der Waals surface area contributed by atoms with Crippen LogP contribution in [0.15, 0.2) is 47.2 Å². The number of amides is 1. The SMILES string of the molecule is COc1cc(C(=O)N2CCN(Cc3ccccc3)C[C@@H]2C)cnc1Br. The van der Waals surface area contributed by atoms with E-state index in [1.165, 1.54) is 5.56 Å². The maximum absolute atomic E-state index is 12.9. The molecule has 1 aliphatic heterocycles. The molecule has 0 aliphatic carbocycles. The molecule has 1 saturated heterocycles. The number of ether oxygens (including phenoxy) is 1. The van der Waals surface area contributed by atoms with E-state index < -0.39 is 0 Å². The van der Waals surface area contributed by atoms with Crippen LogP contribution in [0.2, 0.25) is 0 Å². The van der Waals surface area contributed by atoms with Crippen molar-refractivity contribution in [2.24, 2.45) is 0 Å². The first-order valence-electron chi connectivity index (χ1n) is 8.35. The summed E-state index contributed by atoms with van der Waals surface area (Å²) in [5, 5.41) is 0. The molecule has 0 saturated carbocycles. The summed E-state index contributed by atoms with van der Waals surface area (Å²) in [5.41, 5.74) is 1.86. The monoisotopic (exact) mass is 403 g/mol. The zero-order valence-corrected chi connectivity index (χ0v) is 16.1. The second-order valence-corrected chi connectivity index (χ2v) is 7.04. The number of rotatable bonds is 4. The summed E-state index contributed by atoms with van der Waals surface area (Å²) in [6.07, 6.45) is 1.60. The topological polar surface area (TPSA) is 45.7 Å². The predicted octanol–water partition coefficient (Wildman–Crippen LogP) is 3.20. The molecule has 2 aromatic rings. The third-order valence-electron chi connectivity index (χ3n) is 4.50. The third-order valence-corrected chi connectivity index (χ3v) is 5.09. The summed E-state index contributed by atoms with van der Waals surface area (Å²) in [6, 6.07) is 12.3. The van der Waals surface area contributed by atoms with E-state index in [0.717, 1.165) is 19.6 Å². The average Bonchev–Trinajstić information content (AvgIpc) is 2.62. The Balaban J connectivity index is 1.66. The van der Waals surface area contributed by atoms with Gasteiger partial charge in [0, 0.05) is 38.4 Å². The summed E-state index contributed by atoms with van der Waals surface area (Å²) in [6.45, 7) is 5.46. The number of hydrogen-bond donors (Lipinski definition) is 0. The van der Waals surface area contributed by atoms with E-state index in [0.29, 0.717) is 22.5 Å². The quantitative estimate of drug-likeness (QED) is 0.735. The number of carbonyl (C=O) groups is 1. The van der Waals surface area contributed by atoms with E-state index in [4.69, 9.17) is 4.74 Å². The van der Waals surface area contributed by atoms with Gasteiger partial charge in [-0.3, -0.25) is 9.69 Å². The van der Waals surface area contributed by atoms with E-state index >= 15 is 0 Å². The summed E-state index contributed by atoms with van der Waals surface area (Å²) in [4.78, 5) is 21.4. The molecule has 0 spiro atoms. The number of nitrogens with zero attached hydrogens (tertiary/aromatic N) is 3. The fraction of sp³-hybridized carbons (Fsp3) is 0.368. The van der Waals surface area contributed by atoms with E-state index in [2.05, 4.69) is 57.0 Å². The predicted molar refractivity (Wildman–Crippen MR) is 101 cm³/mol. The third kappa shape index (κ3) is 4.19. The molecule has 1 atom stereocenters. The van der Waals surface area contributed by atoms with Crippen molar-refractivity contribution in [1.29, 1.82) is 0 Å². The number of halogens is 1. The van der Waals surface area contributed by atoms with Gasteiger partial charge >= 0.3 is 0 Å². The van der Waals surface area contributed by atoms with Gasteiger partial charge in [-0.1, -0.05) is 30.3 Å². The van der Waals surface area contributed by atoms with Crippen molar-refractivity contribution in [2.45, 2.75) is 19.5 Å². The highest BCUT2D eigenvalue weighted by atomic mass is 79.9. The fourth-order valence-electron chi connectivity index (χ4n) is 3.17. The lowest BCUT2D eigenvalue weighted by Crippen LogP contribution is -2.53. The van der Waals surface area contributed by atoms with Gasteiger partial charge in [-0.2, -0.15) is 0 Å². The lowest BCUT2D eigenvalue weighted by Gasteiger charge is -2.40. The van der Waals surface area contributed by atoms with Crippen molar-refractivity contribution < 1.29 is 9.53 Å². The molecule has 0 bridgehead atoms. The summed E-state index contributed by atoms with van der Waals surface area (Å²) in [7, 11) is 1.57. The molecule has 25 heavy (non-hydrogen) atoms. The second kappa shape index (κ2) is 7.97. The van der Waals surface area contributed by atoms with Crippen molar-refractivity contribution >= 4 is 21.8 Å². The smallest absolute Gasteiger partial charge is 0.255 e. The number of carbonyl (C=O) groups excluding carboxylic acids is 1. The van der Waals surface area contributed by atoms with E-state index in [1.54, 1.807) is 19.4 Å².